The molecule has 0 N–H and O–H groups in total. The molecule has 1 atom stereocenters. The Balaban J connectivity index is 1.88. The molecule has 0 spiro atoms. The van der Waals surface area contributed by atoms with Crippen molar-refractivity contribution in [3.8, 4) is 0 Å². The molecule has 0 aromatic heterocycles. The molecule has 98 valence electrons. The third-order valence-electron chi connectivity index (χ3n) is 3.30. The number of ether oxygens (including phenoxy) is 1. The molecule has 1 heterocycles. The molecule has 1 amide bonds. The van der Waals surface area contributed by atoms with E-state index >= 15 is 0 Å². The van der Waals surface area contributed by atoms with Gasteiger partial charge in [-0.25, -0.2) is 0 Å². The van der Waals surface area contributed by atoms with Crippen molar-refractivity contribution in [2.24, 2.45) is 5.92 Å². The SMILES string of the molecule is COCCN1C[C@H](Cc2ccc(Cl)cc2)CC1=O. The standard InChI is InChI=1S/C14H18ClNO2/c1-18-7-6-16-10-12(9-14(16)17)8-11-2-4-13(15)5-3-11/h2-5,12H,6-10H2,1H3/t12-/m1/s1. The zero-order valence-electron chi connectivity index (χ0n) is 10.6. The number of methoxy groups -OCH3 is 1. The number of carbonyl (C=O) groups is 1. The third-order valence-corrected chi connectivity index (χ3v) is 3.55. The van der Waals surface area contributed by atoms with Gasteiger partial charge in [-0.2, -0.15) is 0 Å². The maximum absolute atomic E-state index is 11.8. The predicted molar refractivity (Wildman–Crippen MR) is 71.7 cm³/mol. The molecule has 0 bridgehead atoms. The minimum absolute atomic E-state index is 0.242. The third kappa shape index (κ3) is 3.47. The van der Waals surface area contributed by atoms with Crippen LogP contribution >= 0.6 is 11.6 Å². The normalized spacial score (nSPS) is 19.6. The van der Waals surface area contributed by atoms with Crippen molar-refractivity contribution in [3.05, 3.63) is 34.9 Å². The van der Waals surface area contributed by atoms with E-state index in [0.29, 0.717) is 25.5 Å². The Bertz CT molecular complexity index is 405. The Hall–Kier alpha value is -1.06. The van der Waals surface area contributed by atoms with Crippen LogP contribution in [-0.4, -0.2) is 37.6 Å². The van der Waals surface area contributed by atoms with E-state index in [2.05, 4.69) is 0 Å². The number of carbonyl (C=O) groups excluding carboxylic acids is 1. The van der Waals surface area contributed by atoms with E-state index in [4.69, 9.17) is 16.3 Å². The summed E-state index contributed by atoms with van der Waals surface area (Å²) >= 11 is 5.86. The number of nitrogens with zero attached hydrogens (tertiary/aromatic N) is 1. The molecule has 0 aliphatic carbocycles. The largest absolute Gasteiger partial charge is 0.383 e. The second-order valence-corrected chi connectivity index (χ2v) is 5.17. The lowest BCUT2D eigenvalue weighted by Gasteiger charge is -2.15. The molecule has 1 saturated heterocycles. The Kier molecular flexibility index (Phi) is 4.61. The van der Waals surface area contributed by atoms with Crippen LogP contribution in [0.2, 0.25) is 5.02 Å². The van der Waals surface area contributed by atoms with Crippen molar-refractivity contribution in [2.75, 3.05) is 26.8 Å². The number of benzene rings is 1. The molecule has 0 unspecified atom stereocenters. The van der Waals surface area contributed by atoms with Crippen LogP contribution in [0.15, 0.2) is 24.3 Å². The smallest absolute Gasteiger partial charge is 0.223 e. The molecule has 1 fully saturated rings. The molecule has 1 aliphatic heterocycles. The summed E-state index contributed by atoms with van der Waals surface area (Å²) in [7, 11) is 1.66. The molecular weight excluding hydrogens is 250 g/mol. The fourth-order valence-electron chi connectivity index (χ4n) is 2.36. The maximum atomic E-state index is 11.8. The van der Waals surface area contributed by atoms with E-state index in [1.54, 1.807) is 7.11 Å². The summed E-state index contributed by atoms with van der Waals surface area (Å²) in [5.74, 6) is 0.654. The first-order chi connectivity index (χ1) is 8.69. The van der Waals surface area contributed by atoms with Gasteiger partial charge in [0.05, 0.1) is 6.61 Å². The lowest BCUT2D eigenvalue weighted by Crippen LogP contribution is -2.28. The Morgan fingerprint density at radius 2 is 2.11 bits per heavy atom. The van der Waals surface area contributed by atoms with Gasteiger partial charge < -0.3 is 9.64 Å². The molecule has 3 nitrogen and oxygen atoms in total. The Morgan fingerprint density at radius 1 is 1.39 bits per heavy atom. The summed E-state index contributed by atoms with van der Waals surface area (Å²) in [6.07, 6.45) is 1.58. The van der Waals surface area contributed by atoms with Gasteiger partial charge in [0.1, 0.15) is 0 Å². The van der Waals surface area contributed by atoms with E-state index in [1.807, 2.05) is 29.2 Å². The summed E-state index contributed by atoms with van der Waals surface area (Å²) < 4.78 is 5.01. The van der Waals surface area contributed by atoms with Crippen LogP contribution in [0.5, 0.6) is 0 Å². The summed E-state index contributed by atoms with van der Waals surface area (Å²) in [5.41, 5.74) is 1.24. The van der Waals surface area contributed by atoms with Gasteiger partial charge in [0.2, 0.25) is 5.91 Å². The lowest BCUT2D eigenvalue weighted by molar-refractivity contribution is -0.128. The van der Waals surface area contributed by atoms with E-state index in [1.165, 1.54) is 5.56 Å². The minimum Gasteiger partial charge on any atom is -0.383 e. The van der Waals surface area contributed by atoms with Crippen molar-refractivity contribution in [3.63, 3.8) is 0 Å². The highest BCUT2D eigenvalue weighted by molar-refractivity contribution is 6.30. The zero-order valence-corrected chi connectivity index (χ0v) is 11.3. The molecular formula is C14H18ClNO2. The van der Waals surface area contributed by atoms with Crippen LogP contribution in [0.4, 0.5) is 0 Å². The van der Waals surface area contributed by atoms with Crippen LogP contribution in [0.25, 0.3) is 0 Å². The van der Waals surface area contributed by atoms with Gasteiger partial charge in [-0.1, -0.05) is 23.7 Å². The van der Waals surface area contributed by atoms with Gasteiger partial charge in [0.25, 0.3) is 0 Å². The number of hydrogen-bond acceptors (Lipinski definition) is 2. The summed E-state index contributed by atoms with van der Waals surface area (Å²) in [6.45, 7) is 2.15. The fraction of sp³-hybridized carbons (Fsp3) is 0.500. The van der Waals surface area contributed by atoms with Crippen LogP contribution in [0, 0.1) is 5.92 Å². The highest BCUT2D eigenvalue weighted by atomic mass is 35.5. The number of likely N-dealkylation sites (tertiary alicyclic amines) is 1. The average Bonchev–Trinajstić information content (AvgIpc) is 2.70. The summed E-state index contributed by atoms with van der Waals surface area (Å²) in [5, 5.41) is 0.753. The Morgan fingerprint density at radius 3 is 2.78 bits per heavy atom. The van der Waals surface area contributed by atoms with Crippen molar-refractivity contribution >= 4 is 17.5 Å². The maximum Gasteiger partial charge on any atom is 0.223 e. The minimum atomic E-state index is 0.242. The first-order valence-electron chi connectivity index (χ1n) is 6.20. The van der Waals surface area contributed by atoms with Crippen LogP contribution in [0.1, 0.15) is 12.0 Å². The molecule has 0 saturated carbocycles. The fourth-order valence-corrected chi connectivity index (χ4v) is 2.49. The van der Waals surface area contributed by atoms with Crippen LogP contribution in [-0.2, 0) is 16.0 Å². The van der Waals surface area contributed by atoms with E-state index in [9.17, 15) is 4.79 Å². The average molecular weight is 268 g/mol. The summed E-state index contributed by atoms with van der Waals surface area (Å²) in [4.78, 5) is 13.7. The van der Waals surface area contributed by atoms with Crippen molar-refractivity contribution in [1.82, 2.24) is 4.90 Å². The van der Waals surface area contributed by atoms with E-state index in [0.717, 1.165) is 18.0 Å². The van der Waals surface area contributed by atoms with Gasteiger partial charge in [-0.15, -0.1) is 0 Å². The Labute approximate surface area is 113 Å². The van der Waals surface area contributed by atoms with Crippen molar-refractivity contribution < 1.29 is 9.53 Å². The predicted octanol–water partition coefficient (Wildman–Crippen LogP) is 2.38. The second kappa shape index (κ2) is 6.21. The molecule has 1 aromatic carbocycles. The number of rotatable bonds is 5. The highest BCUT2D eigenvalue weighted by Gasteiger charge is 2.28. The van der Waals surface area contributed by atoms with Crippen LogP contribution < -0.4 is 0 Å². The van der Waals surface area contributed by atoms with Crippen molar-refractivity contribution in [2.45, 2.75) is 12.8 Å². The van der Waals surface area contributed by atoms with E-state index < -0.39 is 0 Å². The second-order valence-electron chi connectivity index (χ2n) is 4.73. The number of hydrogen-bond donors (Lipinski definition) is 0. The zero-order chi connectivity index (χ0) is 13.0. The van der Waals surface area contributed by atoms with Gasteiger partial charge in [-0.05, 0) is 30.0 Å². The van der Waals surface area contributed by atoms with Crippen molar-refractivity contribution in [1.29, 1.82) is 0 Å². The van der Waals surface area contributed by atoms with Crippen LogP contribution in [0.3, 0.4) is 0 Å². The topological polar surface area (TPSA) is 29.5 Å². The van der Waals surface area contributed by atoms with Gasteiger partial charge in [-0.3, -0.25) is 4.79 Å². The molecule has 1 aromatic rings. The van der Waals surface area contributed by atoms with Gasteiger partial charge in [0.15, 0.2) is 0 Å². The van der Waals surface area contributed by atoms with E-state index in [-0.39, 0.29) is 5.91 Å². The van der Waals surface area contributed by atoms with Gasteiger partial charge >= 0.3 is 0 Å². The summed E-state index contributed by atoms with van der Waals surface area (Å²) in [6, 6.07) is 7.86. The lowest BCUT2D eigenvalue weighted by atomic mass is 9.99. The number of amides is 1. The quantitative estimate of drug-likeness (QED) is 0.820. The first-order valence-corrected chi connectivity index (χ1v) is 6.58. The highest BCUT2D eigenvalue weighted by Crippen LogP contribution is 2.22. The molecule has 18 heavy (non-hydrogen) atoms. The number of halogens is 1. The van der Waals surface area contributed by atoms with Gasteiger partial charge in [0, 0.05) is 31.6 Å². The molecule has 4 heteroatoms. The molecule has 2 rings (SSSR count). The molecule has 0 radical (unpaired) electrons. The first kappa shape index (κ1) is 13.4. The monoisotopic (exact) mass is 267 g/mol. The molecule has 1 aliphatic rings.